The Balaban J connectivity index is 2.56. The summed E-state index contributed by atoms with van der Waals surface area (Å²) in [5.41, 5.74) is 3.84. The highest BCUT2D eigenvalue weighted by molar-refractivity contribution is 8.13. The summed E-state index contributed by atoms with van der Waals surface area (Å²) in [5.74, 6) is 0.342. The molecule has 4 N–H and O–H groups in total. The molecule has 70 valence electrons. The molecule has 2 atom stereocenters. The second-order valence-electron chi connectivity index (χ2n) is 3.04. The van der Waals surface area contributed by atoms with E-state index in [4.69, 9.17) is 5.73 Å². The first-order valence-electron chi connectivity index (χ1n) is 3.53. The van der Waals surface area contributed by atoms with Crippen molar-refractivity contribution < 1.29 is 15.0 Å². The number of β-amino-alcohol motifs (C(OH)–C–C–N with tert-alkyl or cyclic N) is 1. The van der Waals surface area contributed by atoms with Crippen molar-refractivity contribution in [2.45, 2.75) is 18.9 Å². The summed E-state index contributed by atoms with van der Waals surface area (Å²) >= 11 is 1.02. The molecule has 0 spiro atoms. The van der Waals surface area contributed by atoms with Gasteiger partial charge in [-0.3, -0.25) is 4.79 Å². The van der Waals surface area contributed by atoms with Gasteiger partial charge in [0.2, 0.25) is 0 Å². The van der Waals surface area contributed by atoms with E-state index in [1.165, 1.54) is 6.92 Å². The van der Waals surface area contributed by atoms with Crippen LogP contribution in [0.4, 0.5) is 4.79 Å². The number of carbonyl (C=O) groups excluding carboxylic acids is 1. The predicted octanol–water partition coefficient (Wildman–Crippen LogP) is -0.859. The number of rotatable bonds is 2. The van der Waals surface area contributed by atoms with E-state index < -0.39 is 12.0 Å². The lowest BCUT2D eigenvalue weighted by atomic mass is 10.2. The van der Waals surface area contributed by atoms with Crippen molar-refractivity contribution in [3.8, 4) is 0 Å². The Morgan fingerprint density at radius 3 is 2.83 bits per heavy atom. The first kappa shape index (κ1) is 9.79. The Kier molecular flexibility index (Phi) is 2.62. The zero-order valence-corrected chi connectivity index (χ0v) is 7.54. The molecule has 0 aliphatic carbocycles. The smallest absolute Gasteiger partial charge is 0.284 e. The largest absolute Gasteiger partial charge is 0.375 e. The summed E-state index contributed by atoms with van der Waals surface area (Å²) < 4.78 is 0. The van der Waals surface area contributed by atoms with Crippen LogP contribution in [0.15, 0.2) is 0 Å². The Bertz CT molecular complexity index is 192. The van der Waals surface area contributed by atoms with Gasteiger partial charge in [-0.05, 0) is 6.92 Å². The van der Waals surface area contributed by atoms with E-state index in [0.717, 1.165) is 16.7 Å². The quantitative estimate of drug-likeness (QED) is 0.496. The molecular weight excluding hydrogens is 180 g/mol. The highest BCUT2D eigenvalue weighted by Crippen LogP contribution is 2.22. The van der Waals surface area contributed by atoms with Crippen LogP contribution in [-0.2, 0) is 0 Å². The van der Waals surface area contributed by atoms with Crippen LogP contribution in [-0.4, -0.2) is 44.6 Å². The van der Waals surface area contributed by atoms with Crippen molar-refractivity contribution in [1.82, 2.24) is 4.90 Å². The lowest BCUT2D eigenvalue weighted by Gasteiger charge is -2.26. The molecular formula is C6H12N2O3S. The van der Waals surface area contributed by atoms with E-state index in [1.54, 1.807) is 0 Å². The third-order valence-electron chi connectivity index (χ3n) is 1.44. The van der Waals surface area contributed by atoms with Gasteiger partial charge in [-0.1, -0.05) is 11.8 Å². The maximum Gasteiger partial charge on any atom is 0.284 e. The highest BCUT2D eigenvalue weighted by Gasteiger charge is 2.33. The van der Waals surface area contributed by atoms with Gasteiger partial charge in [-0.25, -0.2) is 0 Å². The molecule has 1 amide bonds. The third-order valence-corrected chi connectivity index (χ3v) is 2.39. The van der Waals surface area contributed by atoms with Gasteiger partial charge in [0.1, 0.15) is 12.0 Å². The zero-order valence-electron chi connectivity index (χ0n) is 6.73. The first-order chi connectivity index (χ1) is 5.40. The van der Waals surface area contributed by atoms with Crippen molar-refractivity contribution in [1.29, 1.82) is 0 Å². The molecule has 0 aromatic rings. The fraction of sp³-hybridized carbons (Fsp3) is 0.833. The summed E-state index contributed by atoms with van der Waals surface area (Å²) in [7, 11) is 0. The summed E-state index contributed by atoms with van der Waals surface area (Å²) in [6.45, 7) is 1.34. The summed E-state index contributed by atoms with van der Waals surface area (Å²) in [5, 5.41) is 18.2. The Morgan fingerprint density at radius 2 is 2.50 bits per heavy atom. The molecule has 6 heteroatoms. The fourth-order valence-corrected chi connectivity index (χ4v) is 1.78. The lowest BCUT2D eigenvalue weighted by Crippen LogP contribution is -2.50. The van der Waals surface area contributed by atoms with Crippen molar-refractivity contribution in [3.63, 3.8) is 0 Å². The summed E-state index contributed by atoms with van der Waals surface area (Å²) in [6, 6.07) is 0. The van der Waals surface area contributed by atoms with Crippen LogP contribution in [0.2, 0.25) is 0 Å². The van der Waals surface area contributed by atoms with E-state index in [9.17, 15) is 15.0 Å². The molecule has 1 saturated heterocycles. The molecule has 0 aromatic heterocycles. The third kappa shape index (κ3) is 2.34. The number of amides is 1. The summed E-state index contributed by atoms with van der Waals surface area (Å²) in [4.78, 5) is 12.2. The maximum absolute atomic E-state index is 11.0. The number of carbonyl (C=O) groups is 1. The van der Waals surface area contributed by atoms with Gasteiger partial charge >= 0.3 is 0 Å². The average molecular weight is 192 g/mol. The minimum atomic E-state index is -1.44. The molecule has 2 unspecified atom stereocenters. The number of hydrogen-bond donors (Lipinski definition) is 3. The van der Waals surface area contributed by atoms with Gasteiger partial charge in [-0.15, -0.1) is 0 Å². The van der Waals surface area contributed by atoms with Crippen molar-refractivity contribution in [2.75, 3.05) is 12.3 Å². The number of nitrogens with two attached hydrogens (primary N) is 1. The molecule has 12 heavy (non-hydrogen) atoms. The van der Waals surface area contributed by atoms with Crippen LogP contribution >= 0.6 is 11.8 Å². The second kappa shape index (κ2) is 3.21. The van der Waals surface area contributed by atoms with E-state index in [-0.39, 0.29) is 11.8 Å². The van der Waals surface area contributed by atoms with Crippen LogP contribution in [0.3, 0.4) is 0 Å². The molecule has 1 heterocycles. The van der Waals surface area contributed by atoms with Gasteiger partial charge in [0.05, 0.1) is 6.54 Å². The zero-order chi connectivity index (χ0) is 9.35. The second-order valence-corrected chi connectivity index (χ2v) is 4.01. The highest BCUT2D eigenvalue weighted by atomic mass is 32.2. The minimum absolute atomic E-state index is 0.0417. The van der Waals surface area contributed by atoms with E-state index in [0.29, 0.717) is 5.75 Å². The molecule has 1 fully saturated rings. The van der Waals surface area contributed by atoms with Crippen molar-refractivity contribution >= 4 is 17.0 Å². The van der Waals surface area contributed by atoms with Crippen molar-refractivity contribution in [2.24, 2.45) is 5.73 Å². The summed E-state index contributed by atoms with van der Waals surface area (Å²) in [6.07, 6.45) is -0.822. The molecule has 5 nitrogen and oxygen atoms in total. The Labute approximate surface area is 74.5 Å². The molecule has 1 aliphatic rings. The number of thioether (sulfide) groups is 1. The van der Waals surface area contributed by atoms with E-state index in [2.05, 4.69) is 0 Å². The molecule has 1 aliphatic heterocycles. The number of aliphatic hydroxyl groups is 2. The Morgan fingerprint density at radius 1 is 1.92 bits per heavy atom. The molecule has 0 radical (unpaired) electrons. The number of hydrogen-bond acceptors (Lipinski definition) is 5. The van der Waals surface area contributed by atoms with Crippen LogP contribution < -0.4 is 5.73 Å². The van der Waals surface area contributed by atoms with Gasteiger partial charge in [0, 0.05) is 5.75 Å². The normalized spacial score (nSPS) is 29.2. The van der Waals surface area contributed by atoms with Crippen LogP contribution in [0.25, 0.3) is 0 Å². The number of nitrogens with zero attached hydrogens (tertiary/aromatic N) is 1. The lowest BCUT2D eigenvalue weighted by molar-refractivity contribution is -0.0106. The van der Waals surface area contributed by atoms with Crippen LogP contribution in [0.1, 0.15) is 6.92 Å². The van der Waals surface area contributed by atoms with Gasteiger partial charge in [0.15, 0.2) is 0 Å². The van der Waals surface area contributed by atoms with Gasteiger partial charge in [0.25, 0.3) is 5.24 Å². The Hall–Kier alpha value is -0.300. The maximum atomic E-state index is 11.0. The average Bonchev–Trinajstić information content (AvgIpc) is 2.16. The number of aliphatic hydroxyl groups excluding tert-OH is 1. The minimum Gasteiger partial charge on any atom is -0.375 e. The molecule has 0 bridgehead atoms. The first-order valence-corrected chi connectivity index (χ1v) is 4.51. The fourth-order valence-electron chi connectivity index (χ4n) is 0.955. The monoisotopic (exact) mass is 192 g/mol. The molecule has 0 aromatic carbocycles. The molecule has 1 rings (SSSR count). The van der Waals surface area contributed by atoms with Crippen molar-refractivity contribution in [3.05, 3.63) is 0 Å². The topological polar surface area (TPSA) is 86.8 Å². The SMILES string of the molecule is CC(N)(O)CN1C(=O)SCC1O. The van der Waals surface area contributed by atoms with E-state index in [1.807, 2.05) is 0 Å². The van der Waals surface area contributed by atoms with Crippen LogP contribution in [0, 0.1) is 0 Å². The van der Waals surface area contributed by atoms with Crippen LogP contribution in [0.5, 0.6) is 0 Å². The standard InChI is InChI=1S/C6H12N2O3S/c1-6(7,11)3-8-4(9)2-12-5(8)10/h4,9,11H,2-3,7H2,1H3. The predicted molar refractivity (Wildman–Crippen MR) is 45.4 cm³/mol. The van der Waals surface area contributed by atoms with Gasteiger partial charge < -0.3 is 20.8 Å². The van der Waals surface area contributed by atoms with E-state index >= 15 is 0 Å². The molecule has 0 saturated carbocycles. The van der Waals surface area contributed by atoms with Gasteiger partial charge in [-0.2, -0.15) is 0 Å².